The quantitative estimate of drug-likeness (QED) is 0.766. The van der Waals surface area contributed by atoms with E-state index in [1.807, 2.05) is 47.8 Å². The van der Waals surface area contributed by atoms with Crippen molar-refractivity contribution in [1.82, 2.24) is 10.9 Å². The van der Waals surface area contributed by atoms with E-state index in [4.69, 9.17) is 4.74 Å². The van der Waals surface area contributed by atoms with Crippen molar-refractivity contribution in [2.45, 2.75) is 4.58 Å². The Bertz CT molecular complexity index is 780. The molecule has 0 unspecified atom stereocenters. The maximum Gasteiger partial charge on any atom is 0.276 e. The first-order chi connectivity index (χ1) is 12.6. The monoisotopic (exact) mass is 392 g/mol. The lowest BCUT2D eigenvalue weighted by Crippen LogP contribution is -2.44. The summed E-state index contributed by atoms with van der Waals surface area (Å²) in [4.78, 5) is 23.6. The lowest BCUT2D eigenvalue weighted by atomic mass is 10.2. The Balaban J connectivity index is 1.44. The smallest absolute Gasteiger partial charge is 0.276 e. The molecule has 0 bridgehead atoms. The molecule has 0 radical (unpaired) electrons. The summed E-state index contributed by atoms with van der Waals surface area (Å²) < 4.78 is 19.3. The minimum atomic E-state index is -0.729. The Hall–Kier alpha value is -2.19. The maximum atomic E-state index is 13.5. The van der Waals surface area contributed by atoms with Crippen molar-refractivity contribution in [3.05, 3.63) is 65.5 Å². The molecular weight excluding hydrogens is 375 g/mol. The van der Waals surface area contributed by atoms with Crippen molar-refractivity contribution in [3.63, 3.8) is 0 Å². The normalized spacial score (nSPS) is 14.0. The molecule has 2 aromatic rings. The van der Waals surface area contributed by atoms with Crippen molar-refractivity contribution < 1.29 is 18.7 Å². The van der Waals surface area contributed by atoms with Crippen LogP contribution in [0, 0.1) is 5.82 Å². The second-order valence-electron chi connectivity index (χ2n) is 5.41. The van der Waals surface area contributed by atoms with Gasteiger partial charge >= 0.3 is 0 Å². The summed E-state index contributed by atoms with van der Waals surface area (Å²) in [7, 11) is 0. The highest BCUT2D eigenvalue weighted by Gasteiger charge is 2.18. The van der Waals surface area contributed by atoms with Crippen molar-refractivity contribution in [3.8, 4) is 5.75 Å². The maximum absolute atomic E-state index is 13.5. The SMILES string of the molecule is O=C(COc1ccc(C2SCCS2)cc1)NNC(=O)c1ccccc1F. The third-order valence-electron chi connectivity index (χ3n) is 3.58. The first-order valence-electron chi connectivity index (χ1n) is 7.93. The summed E-state index contributed by atoms with van der Waals surface area (Å²) in [5.41, 5.74) is 5.44. The molecule has 1 saturated heterocycles. The van der Waals surface area contributed by atoms with E-state index in [0.717, 1.165) is 11.5 Å². The van der Waals surface area contributed by atoms with Crippen LogP contribution < -0.4 is 15.6 Å². The third-order valence-corrected chi connectivity index (χ3v) is 6.68. The van der Waals surface area contributed by atoms with Crippen LogP contribution in [0.1, 0.15) is 20.5 Å². The van der Waals surface area contributed by atoms with Gasteiger partial charge in [0, 0.05) is 11.5 Å². The number of carbonyl (C=O) groups excluding carboxylic acids is 2. The number of thioether (sulfide) groups is 2. The zero-order valence-corrected chi connectivity index (χ0v) is 15.4. The highest BCUT2D eigenvalue weighted by Crippen LogP contribution is 2.45. The lowest BCUT2D eigenvalue weighted by molar-refractivity contribution is -0.123. The molecule has 1 heterocycles. The molecule has 0 spiro atoms. The van der Waals surface area contributed by atoms with Gasteiger partial charge < -0.3 is 4.74 Å². The first-order valence-corrected chi connectivity index (χ1v) is 10.0. The van der Waals surface area contributed by atoms with Gasteiger partial charge in [-0.3, -0.25) is 20.4 Å². The number of amides is 2. The average Bonchev–Trinajstić information content (AvgIpc) is 3.20. The number of hydrogen-bond acceptors (Lipinski definition) is 5. The summed E-state index contributed by atoms with van der Waals surface area (Å²) in [6.45, 7) is -0.260. The third kappa shape index (κ3) is 4.92. The molecule has 2 amide bonds. The zero-order chi connectivity index (χ0) is 18.4. The summed E-state index contributed by atoms with van der Waals surface area (Å²) >= 11 is 3.84. The van der Waals surface area contributed by atoms with Gasteiger partial charge in [-0.15, -0.1) is 23.5 Å². The largest absolute Gasteiger partial charge is 0.484 e. The number of ether oxygens (including phenoxy) is 1. The molecule has 0 saturated carbocycles. The van der Waals surface area contributed by atoms with Gasteiger partial charge in [0.25, 0.3) is 11.8 Å². The molecule has 2 aromatic carbocycles. The number of hydrogen-bond donors (Lipinski definition) is 2. The molecule has 0 atom stereocenters. The van der Waals surface area contributed by atoms with Crippen LogP contribution >= 0.6 is 23.5 Å². The van der Waals surface area contributed by atoms with Crippen LogP contribution in [-0.4, -0.2) is 29.9 Å². The van der Waals surface area contributed by atoms with Crippen LogP contribution in [0.25, 0.3) is 0 Å². The number of carbonyl (C=O) groups is 2. The highest BCUT2D eigenvalue weighted by atomic mass is 32.2. The van der Waals surface area contributed by atoms with Crippen molar-refractivity contribution >= 4 is 35.3 Å². The van der Waals surface area contributed by atoms with Gasteiger partial charge in [0.1, 0.15) is 11.6 Å². The van der Waals surface area contributed by atoms with Crippen molar-refractivity contribution in [1.29, 1.82) is 0 Å². The standard InChI is InChI=1S/C18H17FN2O3S2/c19-15-4-2-1-3-14(15)17(23)21-20-16(22)11-24-13-7-5-12(6-8-13)18-25-9-10-26-18/h1-8,18H,9-11H2,(H,20,22)(H,21,23). The van der Waals surface area contributed by atoms with E-state index in [0.29, 0.717) is 10.3 Å². The van der Waals surface area contributed by atoms with E-state index in [9.17, 15) is 14.0 Å². The minimum Gasteiger partial charge on any atom is -0.484 e. The van der Waals surface area contributed by atoms with Gasteiger partial charge in [-0.1, -0.05) is 24.3 Å². The topological polar surface area (TPSA) is 67.4 Å². The number of hydrazine groups is 1. The van der Waals surface area contributed by atoms with Gasteiger partial charge in [-0.05, 0) is 29.8 Å². The molecule has 136 valence electrons. The van der Waals surface area contributed by atoms with Crippen molar-refractivity contribution in [2.24, 2.45) is 0 Å². The molecule has 1 aliphatic heterocycles. The van der Waals surface area contributed by atoms with E-state index in [1.165, 1.54) is 29.8 Å². The van der Waals surface area contributed by atoms with E-state index in [1.54, 1.807) is 0 Å². The molecular formula is C18H17FN2O3S2. The molecule has 5 nitrogen and oxygen atoms in total. The predicted molar refractivity (Wildman–Crippen MR) is 102 cm³/mol. The Kier molecular flexibility index (Phi) is 6.40. The molecule has 2 N–H and O–H groups in total. The van der Waals surface area contributed by atoms with Crippen LogP contribution in [-0.2, 0) is 4.79 Å². The van der Waals surface area contributed by atoms with E-state index in [2.05, 4.69) is 10.9 Å². The first kappa shape index (κ1) is 18.6. The minimum absolute atomic E-state index is 0.146. The van der Waals surface area contributed by atoms with Crippen LogP contribution in [0.3, 0.4) is 0 Å². The number of nitrogens with one attached hydrogen (secondary N) is 2. The van der Waals surface area contributed by atoms with Crippen molar-refractivity contribution in [2.75, 3.05) is 18.1 Å². The van der Waals surface area contributed by atoms with Crippen LogP contribution in [0.5, 0.6) is 5.75 Å². The Morgan fingerprint density at radius 1 is 1.04 bits per heavy atom. The van der Waals surface area contributed by atoms with E-state index >= 15 is 0 Å². The Morgan fingerprint density at radius 2 is 1.73 bits per heavy atom. The fourth-order valence-corrected chi connectivity index (χ4v) is 5.16. The van der Waals surface area contributed by atoms with E-state index < -0.39 is 17.6 Å². The van der Waals surface area contributed by atoms with Gasteiger partial charge in [0.2, 0.25) is 0 Å². The molecule has 0 aliphatic carbocycles. The summed E-state index contributed by atoms with van der Waals surface area (Å²) in [6, 6.07) is 13.1. The molecule has 3 rings (SSSR count). The van der Waals surface area contributed by atoms with Gasteiger partial charge in [0.05, 0.1) is 10.1 Å². The van der Waals surface area contributed by atoms with Crippen LogP contribution in [0.2, 0.25) is 0 Å². The number of rotatable bonds is 5. The number of halogens is 1. The Morgan fingerprint density at radius 3 is 2.42 bits per heavy atom. The van der Waals surface area contributed by atoms with Gasteiger partial charge in [-0.25, -0.2) is 4.39 Å². The predicted octanol–water partition coefficient (Wildman–Crippen LogP) is 3.14. The molecule has 1 aliphatic rings. The summed E-state index contributed by atoms with van der Waals surface area (Å²) in [6.07, 6.45) is 0. The van der Waals surface area contributed by atoms with Crippen LogP contribution in [0.4, 0.5) is 4.39 Å². The second-order valence-corrected chi connectivity index (χ2v) is 8.14. The molecule has 26 heavy (non-hydrogen) atoms. The fourth-order valence-electron chi connectivity index (χ4n) is 2.30. The van der Waals surface area contributed by atoms with Gasteiger partial charge in [0.15, 0.2) is 6.61 Å². The fraction of sp³-hybridized carbons (Fsp3) is 0.222. The van der Waals surface area contributed by atoms with Crippen LogP contribution in [0.15, 0.2) is 48.5 Å². The van der Waals surface area contributed by atoms with Gasteiger partial charge in [-0.2, -0.15) is 0 Å². The van der Waals surface area contributed by atoms with E-state index in [-0.39, 0.29) is 12.2 Å². The number of benzene rings is 2. The molecule has 0 aromatic heterocycles. The zero-order valence-electron chi connectivity index (χ0n) is 13.7. The molecule has 8 heteroatoms. The summed E-state index contributed by atoms with van der Waals surface area (Å²) in [5.74, 6) is 0.957. The second kappa shape index (κ2) is 8.95. The highest BCUT2D eigenvalue weighted by molar-refractivity contribution is 8.19. The average molecular weight is 392 g/mol. The molecule has 1 fully saturated rings. The summed E-state index contributed by atoms with van der Waals surface area (Å²) in [5, 5.41) is 0. The Labute approximate surface area is 159 Å². The lowest BCUT2D eigenvalue weighted by Gasteiger charge is -2.11.